The lowest BCUT2D eigenvalue weighted by Gasteiger charge is -2.24. The molecule has 104 valence electrons. The normalized spacial score (nSPS) is 20.0. The van der Waals surface area contributed by atoms with E-state index < -0.39 is 0 Å². The van der Waals surface area contributed by atoms with Crippen molar-refractivity contribution in [3.63, 3.8) is 0 Å². The van der Waals surface area contributed by atoms with Gasteiger partial charge in [0.05, 0.1) is 0 Å². The number of rotatable bonds is 1. The molecule has 1 N–H and O–H groups in total. The number of nitrogens with one attached hydrogen (secondary N) is 1. The average Bonchev–Trinajstić information content (AvgIpc) is 2.97. The first kappa shape index (κ1) is 12.0. The van der Waals surface area contributed by atoms with Crippen molar-refractivity contribution in [3.05, 3.63) is 35.3 Å². The van der Waals surface area contributed by atoms with Gasteiger partial charge in [-0.3, -0.25) is 0 Å². The Morgan fingerprint density at radius 1 is 1.05 bits per heavy atom. The van der Waals surface area contributed by atoms with Crippen molar-refractivity contribution in [2.24, 2.45) is 0 Å². The molecule has 1 aliphatic rings. The summed E-state index contributed by atoms with van der Waals surface area (Å²) in [5, 5.41) is 5.98. The largest absolute Gasteiger partial charge is 0.461 e. The van der Waals surface area contributed by atoms with Crippen LogP contribution in [0.1, 0.15) is 42.4 Å². The molecular formula is C17H19NO2. The first-order chi connectivity index (χ1) is 9.72. The lowest BCUT2D eigenvalue weighted by atomic mass is 9.93. The summed E-state index contributed by atoms with van der Waals surface area (Å²) in [6.45, 7) is 5.09. The lowest BCUT2D eigenvalue weighted by molar-refractivity contribution is 0.412. The molecule has 1 saturated heterocycles. The van der Waals surface area contributed by atoms with E-state index in [-0.39, 0.29) is 0 Å². The van der Waals surface area contributed by atoms with E-state index in [1.165, 1.54) is 23.8 Å². The molecule has 0 amide bonds. The Morgan fingerprint density at radius 3 is 2.70 bits per heavy atom. The van der Waals surface area contributed by atoms with E-state index in [2.05, 4.69) is 23.5 Å². The summed E-state index contributed by atoms with van der Waals surface area (Å²) in [4.78, 5) is 0. The molecular weight excluding hydrogens is 250 g/mol. The zero-order valence-electron chi connectivity index (χ0n) is 12.0. The minimum absolute atomic E-state index is 0.373. The summed E-state index contributed by atoms with van der Waals surface area (Å²) >= 11 is 0. The maximum atomic E-state index is 5.99. The Morgan fingerprint density at radius 2 is 1.90 bits per heavy atom. The number of hydrogen-bond donors (Lipinski definition) is 1. The number of aryl methyl sites for hydroxylation is 2. The SMILES string of the molecule is Cc1cc2c(C3CCCCN3)c3oc(C)cc3cc2o1. The van der Waals surface area contributed by atoms with Crippen LogP contribution in [0.15, 0.2) is 27.0 Å². The third kappa shape index (κ3) is 1.77. The monoisotopic (exact) mass is 269 g/mol. The van der Waals surface area contributed by atoms with Crippen LogP contribution < -0.4 is 5.32 Å². The molecule has 0 spiro atoms. The summed E-state index contributed by atoms with van der Waals surface area (Å²) in [5.74, 6) is 1.92. The third-order valence-electron chi connectivity index (χ3n) is 4.25. The molecule has 1 unspecified atom stereocenters. The molecule has 4 rings (SSSR count). The molecule has 0 bridgehead atoms. The molecule has 20 heavy (non-hydrogen) atoms. The van der Waals surface area contributed by atoms with E-state index in [0.717, 1.165) is 41.0 Å². The smallest absolute Gasteiger partial charge is 0.139 e. The van der Waals surface area contributed by atoms with Crippen LogP contribution >= 0.6 is 0 Å². The number of fused-ring (bicyclic) bond motifs is 2. The summed E-state index contributed by atoms with van der Waals surface area (Å²) in [5.41, 5.74) is 3.27. The average molecular weight is 269 g/mol. The molecule has 0 aliphatic carbocycles. The van der Waals surface area contributed by atoms with Crippen LogP contribution in [0.5, 0.6) is 0 Å². The first-order valence-corrected chi connectivity index (χ1v) is 7.39. The van der Waals surface area contributed by atoms with Crippen LogP contribution in [0.2, 0.25) is 0 Å². The van der Waals surface area contributed by atoms with Gasteiger partial charge < -0.3 is 14.2 Å². The summed E-state index contributed by atoms with van der Waals surface area (Å²) in [6.07, 6.45) is 3.70. The maximum absolute atomic E-state index is 5.99. The highest BCUT2D eigenvalue weighted by atomic mass is 16.3. The predicted octanol–water partition coefficient (Wildman–Crippen LogP) is 4.61. The fourth-order valence-corrected chi connectivity index (χ4v) is 3.41. The van der Waals surface area contributed by atoms with Crippen molar-refractivity contribution in [2.75, 3.05) is 6.54 Å². The van der Waals surface area contributed by atoms with Crippen LogP contribution in [0, 0.1) is 13.8 Å². The van der Waals surface area contributed by atoms with Gasteiger partial charge in [0.1, 0.15) is 22.7 Å². The van der Waals surface area contributed by atoms with Crippen molar-refractivity contribution >= 4 is 21.9 Å². The van der Waals surface area contributed by atoms with Gasteiger partial charge in [0.15, 0.2) is 0 Å². The summed E-state index contributed by atoms with van der Waals surface area (Å²) < 4.78 is 11.8. The Hall–Kier alpha value is -1.74. The van der Waals surface area contributed by atoms with E-state index in [4.69, 9.17) is 8.83 Å². The second kappa shape index (κ2) is 4.38. The van der Waals surface area contributed by atoms with Crippen molar-refractivity contribution in [2.45, 2.75) is 39.2 Å². The first-order valence-electron chi connectivity index (χ1n) is 7.39. The number of piperidine rings is 1. The van der Waals surface area contributed by atoms with Gasteiger partial charge in [-0.2, -0.15) is 0 Å². The van der Waals surface area contributed by atoms with Crippen molar-refractivity contribution in [3.8, 4) is 0 Å². The second-order valence-corrected chi connectivity index (χ2v) is 5.84. The van der Waals surface area contributed by atoms with Gasteiger partial charge in [-0.05, 0) is 51.4 Å². The molecule has 3 aromatic rings. The van der Waals surface area contributed by atoms with Crippen LogP contribution in [-0.2, 0) is 0 Å². The number of benzene rings is 1. The van der Waals surface area contributed by atoms with Crippen LogP contribution in [0.25, 0.3) is 21.9 Å². The molecule has 3 heteroatoms. The van der Waals surface area contributed by atoms with Crippen molar-refractivity contribution in [1.29, 1.82) is 0 Å². The van der Waals surface area contributed by atoms with E-state index in [1.54, 1.807) is 0 Å². The molecule has 1 aromatic carbocycles. The summed E-state index contributed by atoms with van der Waals surface area (Å²) in [7, 11) is 0. The molecule has 1 aliphatic heterocycles. The van der Waals surface area contributed by atoms with E-state index in [0.29, 0.717) is 6.04 Å². The zero-order chi connectivity index (χ0) is 13.7. The van der Waals surface area contributed by atoms with Gasteiger partial charge in [0, 0.05) is 22.4 Å². The van der Waals surface area contributed by atoms with Gasteiger partial charge in [-0.15, -0.1) is 0 Å². The summed E-state index contributed by atoms with van der Waals surface area (Å²) in [6, 6.07) is 6.70. The molecule has 1 fully saturated rings. The molecule has 1 atom stereocenters. The lowest BCUT2D eigenvalue weighted by Crippen LogP contribution is -2.27. The number of furan rings is 2. The molecule has 2 aromatic heterocycles. The fourth-order valence-electron chi connectivity index (χ4n) is 3.41. The maximum Gasteiger partial charge on any atom is 0.139 e. The number of hydrogen-bond acceptors (Lipinski definition) is 3. The van der Waals surface area contributed by atoms with E-state index >= 15 is 0 Å². The fraction of sp³-hybridized carbons (Fsp3) is 0.412. The molecule has 0 radical (unpaired) electrons. The quantitative estimate of drug-likeness (QED) is 0.701. The third-order valence-corrected chi connectivity index (χ3v) is 4.25. The van der Waals surface area contributed by atoms with Gasteiger partial charge in [0.2, 0.25) is 0 Å². The minimum atomic E-state index is 0.373. The standard InChI is InChI=1S/C17H19NO2/c1-10-7-12-9-15-13(8-11(2)19-15)16(17(12)20-10)14-5-3-4-6-18-14/h7-9,14,18H,3-6H2,1-2H3. The Balaban J connectivity index is 2.04. The second-order valence-electron chi connectivity index (χ2n) is 5.84. The zero-order valence-corrected chi connectivity index (χ0v) is 12.0. The topological polar surface area (TPSA) is 38.3 Å². The van der Waals surface area contributed by atoms with Gasteiger partial charge >= 0.3 is 0 Å². The Labute approximate surface area is 117 Å². The van der Waals surface area contributed by atoms with Gasteiger partial charge in [0.25, 0.3) is 0 Å². The minimum Gasteiger partial charge on any atom is -0.461 e. The van der Waals surface area contributed by atoms with E-state index in [9.17, 15) is 0 Å². The van der Waals surface area contributed by atoms with E-state index in [1.807, 2.05) is 13.8 Å². The highest BCUT2D eigenvalue weighted by Gasteiger charge is 2.23. The van der Waals surface area contributed by atoms with Crippen molar-refractivity contribution in [1.82, 2.24) is 5.32 Å². The van der Waals surface area contributed by atoms with Gasteiger partial charge in [-0.25, -0.2) is 0 Å². The Bertz CT molecular complexity index is 720. The van der Waals surface area contributed by atoms with Crippen LogP contribution in [0.3, 0.4) is 0 Å². The van der Waals surface area contributed by atoms with Crippen molar-refractivity contribution < 1.29 is 8.83 Å². The highest BCUT2D eigenvalue weighted by molar-refractivity contribution is 5.98. The van der Waals surface area contributed by atoms with Crippen LogP contribution in [-0.4, -0.2) is 6.54 Å². The molecule has 3 heterocycles. The Kier molecular flexibility index (Phi) is 2.64. The van der Waals surface area contributed by atoms with Crippen LogP contribution in [0.4, 0.5) is 0 Å². The van der Waals surface area contributed by atoms with Gasteiger partial charge in [-0.1, -0.05) is 6.42 Å². The molecule has 0 saturated carbocycles. The molecule has 3 nitrogen and oxygen atoms in total. The predicted molar refractivity (Wildman–Crippen MR) is 80.1 cm³/mol. The highest BCUT2D eigenvalue weighted by Crippen LogP contribution is 2.38.